The van der Waals surface area contributed by atoms with Gasteiger partial charge < -0.3 is 15.0 Å². The van der Waals surface area contributed by atoms with Crippen molar-refractivity contribution >= 4 is 18.1 Å². The van der Waals surface area contributed by atoms with Crippen molar-refractivity contribution in [1.29, 1.82) is 0 Å². The first-order chi connectivity index (χ1) is 9.45. The number of nitrogens with one attached hydrogen (secondary N) is 1. The van der Waals surface area contributed by atoms with E-state index in [1.165, 1.54) is 19.1 Å². The fraction of sp³-hybridized carbons (Fsp3) is 0.615. The van der Waals surface area contributed by atoms with E-state index in [-0.39, 0.29) is 12.0 Å². The van der Waals surface area contributed by atoms with Crippen LogP contribution in [0.1, 0.15) is 19.3 Å². The van der Waals surface area contributed by atoms with Crippen molar-refractivity contribution in [3.63, 3.8) is 0 Å². The number of carbonyl (C=O) groups excluding carboxylic acids is 2. The number of rotatable bonds is 1. The maximum atomic E-state index is 11.9. The molecule has 0 saturated heterocycles. The van der Waals surface area contributed by atoms with Crippen LogP contribution in [0.3, 0.4) is 0 Å². The molecule has 0 fully saturated rings. The molecule has 0 spiro atoms. The maximum Gasteiger partial charge on any atom is 0.416 e. The minimum atomic E-state index is -0.578. The average Bonchev–Trinajstić information content (AvgIpc) is 2.44. The van der Waals surface area contributed by atoms with Crippen LogP contribution in [0.5, 0.6) is 0 Å². The number of methoxy groups -OCH3 is 1. The Labute approximate surface area is 119 Å². The molecule has 3 amide bonds. The molecule has 0 aliphatic heterocycles. The van der Waals surface area contributed by atoms with Crippen LogP contribution < -0.4 is 5.32 Å². The fourth-order valence-corrected chi connectivity index (χ4v) is 1.92. The molecule has 0 aromatic rings. The van der Waals surface area contributed by atoms with Gasteiger partial charge in [0.15, 0.2) is 0 Å². The third-order valence-electron chi connectivity index (χ3n) is 2.95. The summed E-state index contributed by atoms with van der Waals surface area (Å²) in [5.41, 5.74) is 0. The van der Waals surface area contributed by atoms with E-state index < -0.39 is 12.1 Å². The topological polar surface area (TPSA) is 74.2 Å². The Morgan fingerprint density at radius 1 is 1.30 bits per heavy atom. The van der Waals surface area contributed by atoms with Crippen LogP contribution in [0.25, 0.3) is 0 Å². The summed E-state index contributed by atoms with van der Waals surface area (Å²) in [6, 6.07) is -0.354. The van der Waals surface area contributed by atoms with Gasteiger partial charge in [0.05, 0.1) is 7.11 Å². The van der Waals surface area contributed by atoms with Gasteiger partial charge in [-0.1, -0.05) is 12.2 Å². The molecule has 0 aromatic heterocycles. The second kappa shape index (κ2) is 7.52. The highest BCUT2D eigenvalue weighted by atomic mass is 16.5. The van der Waals surface area contributed by atoms with Gasteiger partial charge in [-0.05, 0) is 19.3 Å². The quantitative estimate of drug-likeness (QED) is 0.448. The highest BCUT2D eigenvalue weighted by Gasteiger charge is 2.19. The van der Waals surface area contributed by atoms with Gasteiger partial charge in [-0.2, -0.15) is 4.99 Å². The predicted octanol–water partition coefficient (Wildman–Crippen LogP) is 1.42. The zero-order valence-corrected chi connectivity index (χ0v) is 12.4. The maximum absolute atomic E-state index is 11.9. The molecule has 1 aliphatic carbocycles. The lowest BCUT2D eigenvalue weighted by molar-refractivity contribution is 0.149. The van der Waals surface area contributed by atoms with E-state index in [0.29, 0.717) is 0 Å². The van der Waals surface area contributed by atoms with Gasteiger partial charge in [0.25, 0.3) is 0 Å². The number of aliphatic imine (C=N–C) groups is 1. The molecule has 112 valence electrons. The molecule has 1 N–H and O–H groups in total. The van der Waals surface area contributed by atoms with E-state index in [2.05, 4.69) is 21.1 Å². The monoisotopic (exact) mass is 282 g/mol. The smallest absolute Gasteiger partial charge is 0.416 e. The SMILES string of the molecule is COC(=O)N(C)/C(=N/C(=O)NC1CC=CCC1)N(C)C. The van der Waals surface area contributed by atoms with Gasteiger partial charge >= 0.3 is 12.1 Å². The van der Waals surface area contributed by atoms with E-state index >= 15 is 0 Å². The molecule has 1 unspecified atom stereocenters. The van der Waals surface area contributed by atoms with Crippen molar-refractivity contribution in [3.05, 3.63) is 12.2 Å². The molecular weight excluding hydrogens is 260 g/mol. The van der Waals surface area contributed by atoms with Gasteiger partial charge in [0.2, 0.25) is 5.96 Å². The number of allylic oxidation sites excluding steroid dienone is 1. The lowest BCUT2D eigenvalue weighted by Crippen LogP contribution is -2.43. The number of nitrogens with zero attached hydrogens (tertiary/aromatic N) is 3. The van der Waals surface area contributed by atoms with Gasteiger partial charge in [-0.25, -0.2) is 9.59 Å². The molecule has 0 heterocycles. The number of guanidine groups is 1. The highest BCUT2D eigenvalue weighted by molar-refractivity contribution is 5.99. The molecule has 7 nitrogen and oxygen atoms in total. The lowest BCUT2D eigenvalue weighted by atomic mass is 10.0. The van der Waals surface area contributed by atoms with Crippen molar-refractivity contribution in [1.82, 2.24) is 15.1 Å². The van der Waals surface area contributed by atoms with Crippen LogP contribution in [0.4, 0.5) is 9.59 Å². The van der Waals surface area contributed by atoms with Crippen LogP contribution in [0.15, 0.2) is 17.1 Å². The van der Waals surface area contributed by atoms with E-state index in [9.17, 15) is 9.59 Å². The number of ether oxygens (including phenoxy) is 1. The van der Waals surface area contributed by atoms with Gasteiger partial charge in [0.1, 0.15) is 0 Å². The normalized spacial score (nSPS) is 18.4. The molecule has 7 heteroatoms. The minimum Gasteiger partial charge on any atom is -0.452 e. The molecule has 20 heavy (non-hydrogen) atoms. The van der Waals surface area contributed by atoms with Crippen molar-refractivity contribution in [3.8, 4) is 0 Å². The number of urea groups is 1. The molecular formula is C13H22N4O3. The van der Waals surface area contributed by atoms with Crippen LogP contribution in [0.2, 0.25) is 0 Å². The molecule has 1 rings (SSSR count). The molecule has 0 bridgehead atoms. The Hall–Kier alpha value is -2.05. The van der Waals surface area contributed by atoms with E-state index in [1.54, 1.807) is 19.0 Å². The summed E-state index contributed by atoms with van der Waals surface area (Å²) in [5, 5.41) is 2.83. The van der Waals surface area contributed by atoms with Gasteiger partial charge in [0, 0.05) is 27.2 Å². The van der Waals surface area contributed by atoms with Crippen LogP contribution in [-0.4, -0.2) is 62.2 Å². The summed E-state index contributed by atoms with van der Waals surface area (Å²) >= 11 is 0. The summed E-state index contributed by atoms with van der Waals surface area (Å²) in [4.78, 5) is 30.1. The number of hydrogen-bond acceptors (Lipinski definition) is 3. The Morgan fingerprint density at radius 3 is 2.50 bits per heavy atom. The van der Waals surface area contributed by atoms with Crippen molar-refractivity contribution in [2.75, 3.05) is 28.3 Å². The Kier molecular flexibility index (Phi) is 6.02. The third kappa shape index (κ3) is 4.56. The summed E-state index contributed by atoms with van der Waals surface area (Å²) < 4.78 is 4.61. The zero-order valence-electron chi connectivity index (χ0n) is 12.4. The van der Waals surface area contributed by atoms with Crippen LogP contribution in [-0.2, 0) is 4.74 Å². The summed E-state index contributed by atoms with van der Waals surface area (Å²) in [6.07, 6.45) is 6.24. The molecule has 0 aromatic carbocycles. The van der Waals surface area contributed by atoms with Gasteiger partial charge in [-0.15, -0.1) is 0 Å². The number of carbonyl (C=O) groups is 2. The van der Waals surface area contributed by atoms with E-state index in [1.807, 2.05) is 6.08 Å². The number of hydrogen-bond donors (Lipinski definition) is 1. The fourth-order valence-electron chi connectivity index (χ4n) is 1.92. The first-order valence-corrected chi connectivity index (χ1v) is 6.49. The van der Waals surface area contributed by atoms with E-state index in [0.717, 1.165) is 19.3 Å². The first-order valence-electron chi connectivity index (χ1n) is 6.49. The van der Waals surface area contributed by atoms with Crippen molar-refractivity contribution in [2.45, 2.75) is 25.3 Å². The van der Waals surface area contributed by atoms with Gasteiger partial charge in [-0.3, -0.25) is 4.90 Å². The number of amides is 3. The van der Waals surface area contributed by atoms with Crippen LogP contribution in [0, 0.1) is 0 Å². The second-order valence-corrected chi connectivity index (χ2v) is 4.77. The molecule has 0 saturated carbocycles. The van der Waals surface area contributed by atoms with Crippen LogP contribution >= 0.6 is 0 Å². The van der Waals surface area contributed by atoms with Crippen molar-refractivity contribution in [2.24, 2.45) is 4.99 Å². The van der Waals surface area contributed by atoms with E-state index in [4.69, 9.17) is 0 Å². The highest BCUT2D eigenvalue weighted by Crippen LogP contribution is 2.10. The predicted molar refractivity (Wildman–Crippen MR) is 76.6 cm³/mol. The standard InChI is InChI=1S/C13H22N4O3/c1-16(2)12(17(3)13(19)20-4)15-11(18)14-10-8-6-5-7-9-10/h5-6,10H,7-9H2,1-4H3,(H,14,18)/b15-12+. The average molecular weight is 282 g/mol. The summed E-state index contributed by atoms with van der Waals surface area (Å²) in [7, 11) is 6.19. The Morgan fingerprint density at radius 2 is 2.00 bits per heavy atom. The molecule has 1 atom stereocenters. The molecule has 0 radical (unpaired) electrons. The Bertz CT molecular complexity index is 418. The second-order valence-electron chi connectivity index (χ2n) is 4.77. The third-order valence-corrected chi connectivity index (χ3v) is 2.95. The summed E-state index contributed by atoms with van der Waals surface area (Å²) in [5.74, 6) is 0.223. The Balaban J connectivity index is 2.72. The zero-order chi connectivity index (χ0) is 15.1. The summed E-state index contributed by atoms with van der Waals surface area (Å²) in [6.45, 7) is 0. The first kappa shape index (κ1) is 16.0. The van der Waals surface area contributed by atoms with Crippen molar-refractivity contribution < 1.29 is 14.3 Å². The minimum absolute atomic E-state index is 0.100. The lowest BCUT2D eigenvalue weighted by Gasteiger charge is -2.24. The largest absolute Gasteiger partial charge is 0.452 e. The molecule has 1 aliphatic rings.